The summed E-state index contributed by atoms with van der Waals surface area (Å²) in [7, 11) is -3.53. The number of hydrogen-bond acceptors (Lipinski definition) is 7. The van der Waals surface area contributed by atoms with Crippen molar-refractivity contribution in [2.24, 2.45) is 0 Å². The monoisotopic (exact) mass is 603 g/mol. The molecule has 0 unspecified atom stereocenters. The smallest absolute Gasteiger partial charge is 0.395 e. The van der Waals surface area contributed by atoms with E-state index in [0.29, 0.717) is 16.7 Å². The van der Waals surface area contributed by atoms with Crippen molar-refractivity contribution >= 4 is 9.84 Å². The van der Waals surface area contributed by atoms with E-state index in [1.807, 2.05) is 0 Å². The molecule has 0 aliphatic carbocycles. The summed E-state index contributed by atoms with van der Waals surface area (Å²) < 4.78 is 104. The van der Waals surface area contributed by atoms with Gasteiger partial charge in [0.1, 0.15) is 5.82 Å². The summed E-state index contributed by atoms with van der Waals surface area (Å²) in [6, 6.07) is 15.0. The molecule has 1 aliphatic heterocycles. The van der Waals surface area contributed by atoms with Gasteiger partial charge in [0.2, 0.25) is 0 Å². The molecule has 3 heterocycles. The Balaban J connectivity index is 1.55. The second kappa shape index (κ2) is 9.37. The normalized spacial score (nSPS) is 14.4. The third kappa shape index (κ3) is 4.95. The van der Waals surface area contributed by atoms with Crippen LogP contribution in [-0.2, 0) is 16.0 Å². The molecule has 42 heavy (non-hydrogen) atoms. The zero-order valence-corrected chi connectivity index (χ0v) is 22.4. The van der Waals surface area contributed by atoms with Gasteiger partial charge in [0.25, 0.3) is 0 Å². The Morgan fingerprint density at radius 3 is 2.31 bits per heavy atom. The Morgan fingerprint density at radius 2 is 1.60 bits per heavy atom. The van der Waals surface area contributed by atoms with Crippen LogP contribution in [0.15, 0.2) is 78.0 Å². The molecule has 0 saturated heterocycles. The number of imidazole rings is 1. The molecule has 0 N–H and O–H groups in total. The third-order valence-corrected chi connectivity index (χ3v) is 7.59. The molecule has 0 radical (unpaired) electrons. The largest absolute Gasteiger partial charge is 0.586 e. The summed E-state index contributed by atoms with van der Waals surface area (Å²) >= 11 is 0. The van der Waals surface area contributed by atoms with Crippen molar-refractivity contribution in [3.8, 4) is 45.3 Å². The number of ether oxygens (including phenoxy) is 2. The maximum absolute atomic E-state index is 13.6. The standard InChI is InChI=1S/C27H18F5N5O4S/c1-15-34-25(26(28,29)30)14-36(15)20-8-6-17(16-4-3-5-19(10-16)42(2,38)39)11-21(20)37-22(13-33-35-37)18-7-9-23-24(12-18)41-27(31,32)40-23/h3-14H,1-2H3. The Kier molecular flexibility index (Phi) is 6.11. The van der Waals surface area contributed by atoms with Gasteiger partial charge in [-0.2, -0.15) is 13.2 Å². The van der Waals surface area contributed by atoms with Gasteiger partial charge in [-0.15, -0.1) is 13.9 Å². The van der Waals surface area contributed by atoms with Crippen molar-refractivity contribution in [1.29, 1.82) is 0 Å². The van der Waals surface area contributed by atoms with Gasteiger partial charge >= 0.3 is 12.5 Å². The Morgan fingerprint density at radius 1 is 0.881 bits per heavy atom. The molecule has 0 amide bonds. The van der Waals surface area contributed by atoms with Crippen LogP contribution in [0, 0.1) is 6.92 Å². The topological polar surface area (TPSA) is 101 Å². The summed E-state index contributed by atoms with van der Waals surface area (Å²) in [6.07, 6.45) is -5.27. The minimum atomic E-state index is -4.70. The van der Waals surface area contributed by atoms with E-state index in [1.54, 1.807) is 24.3 Å². The van der Waals surface area contributed by atoms with Crippen LogP contribution >= 0.6 is 0 Å². The quantitative estimate of drug-likeness (QED) is 0.233. The highest BCUT2D eigenvalue weighted by Gasteiger charge is 2.43. The molecule has 15 heteroatoms. The van der Waals surface area contributed by atoms with Crippen LogP contribution in [0.1, 0.15) is 11.5 Å². The zero-order valence-electron chi connectivity index (χ0n) is 21.6. The van der Waals surface area contributed by atoms with Gasteiger partial charge in [0.15, 0.2) is 27.0 Å². The number of alkyl halides is 5. The first-order valence-corrected chi connectivity index (χ1v) is 14.0. The van der Waals surface area contributed by atoms with Gasteiger partial charge in [0.05, 0.1) is 28.2 Å². The second-order valence-corrected chi connectivity index (χ2v) is 11.4. The lowest BCUT2D eigenvalue weighted by Crippen LogP contribution is -2.25. The minimum Gasteiger partial charge on any atom is -0.395 e. The van der Waals surface area contributed by atoms with Gasteiger partial charge in [0, 0.05) is 18.0 Å². The first-order chi connectivity index (χ1) is 19.7. The molecule has 1 aliphatic rings. The maximum atomic E-state index is 13.6. The van der Waals surface area contributed by atoms with Crippen molar-refractivity contribution in [2.45, 2.75) is 24.3 Å². The predicted molar refractivity (Wildman–Crippen MR) is 138 cm³/mol. The molecule has 0 fully saturated rings. The van der Waals surface area contributed by atoms with Crippen molar-refractivity contribution in [3.63, 3.8) is 0 Å². The number of nitrogens with zero attached hydrogens (tertiary/aromatic N) is 5. The van der Waals surface area contributed by atoms with E-state index >= 15 is 0 Å². The number of rotatable bonds is 5. The number of fused-ring (bicyclic) bond motifs is 1. The molecule has 216 valence electrons. The summed E-state index contributed by atoms with van der Waals surface area (Å²) in [6.45, 7) is 1.41. The fraction of sp³-hybridized carbons (Fsp3) is 0.148. The molecule has 0 spiro atoms. The summed E-state index contributed by atoms with van der Waals surface area (Å²) in [4.78, 5) is 3.73. The van der Waals surface area contributed by atoms with Crippen LogP contribution in [0.3, 0.4) is 0 Å². The average molecular weight is 604 g/mol. The highest BCUT2D eigenvalue weighted by molar-refractivity contribution is 7.90. The number of aromatic nitrogens is 5. The molecule has 3 aromatic carbocycles. The van der Waals surface area contributed by atoms with Gasteiger partial charge in [-0.25, -0.2) is 18.1 Å². The van der Waals surface area contributed by atoms with Gasteiger partial charge in [-0.1, -0.05) is 23.4 Å². The van der Waals surface area contributed by atoms with Crippen molar-refractivity contribution in [2.75, 3.05) is 6.26 Å². The van der Waals surface area contributed by atoms with Crippen LogP contribution in [0.4, 0.5) is 22.0 Å². The van der Waals surface area contributed by atoms with Crippen LogP contribution in [0.5, 0.6) is 11.5 Å². The van der Waals surface area contributed by atoms with E-state index in [9.17, 15) is 30.4 Å². The number of benzene rings is 3. The fourth-order valence-electron chi connectivity index (χ4n) is 4.55. The lowest BCUT2D eigenvalue weighted by molar-refractivity contribution is -0.286. The van der Waals surface area contributed by atoms with E-state index in [-0.39, 0.29) is 39.3 Å². The molecule has 0 saturated carbocycles. The van der Waals surface area contributed by atoms with Crippen LogP contribution in [0.25, 0.3) is 33.8 Å². The van der Waals surface area contributed by atoms with Crippen LogP contribution in [-0.4, -0.2) is 45.5 Å². The Hall–Kier alpha value is -4.79. The third-order valence-electron chi connectivity index (χ3n) is 6.48. The Bertz CT molecular complexity index is 1970. The predicted octanol–water partition coefficient (Wildman–Crippen LogP) is 5.84. The average Bonchev–Trinajstić information content (AvgIpc) is 3.63. The molecular formula is C27H18F5N5O4S. The minimum absolute atomic E-state index is 0.0300. The first-order valence-electron chi connectivity index (χ1n) is 12.1. The maximum Gasteiger partial charge on any atom is 0.586 e. The zero-order chi connectivity index (χ0) is 30.0. The van der Waals surface area contributed by atoms with Gasteiger partial charge in [-0.3, -0.25) is 0 Å². The molecular weight excluding hydrogens is 585 g/mol. The molecule has 0 bridgehead atoms. The Labute approximate surface area is 234 Å². The summed E-state index contributed by atoms with van der Waals surface area (Å²) in [5.41, 5.74) is 1.02. The van der Waals surface area contributed by atoms with Gasteiger partial charge < -0.3 is 14.0 Å². The highest BCUT2D eigenvalue weighted by Crippen LogP contribution is 2.43. The molecule has 0 atom stereocenters. The van der Waals surface area contributed by atoms with Crippen molar-refractivity contribution in [1.82, 2.24) is 24.5 Å². The van der Waals surface area contributed by atoms with Crippen LogP contribution in [0.2, 0.25) is 0 Å². The van der Waals surface area contributed by atoms with E-state index in [2.05, 4.69) is 24.8 Å². The molecule has 9 nitrogen and oxygen atoms in total. The van der Waals surface area contributed by atoms with E-state index in [4.69, 9.17) is 0 Å². The van der Waals surface area contributed by atoms with Crippen molar-refractivity contribution < 1.29 is 39.8 Å². The lowest BCUT2D eigenvalue weighted by Gasteiger charge is -2.16. The summed E-state index contributed by atoms with van der Waals surface area (Å²) in [5, 5.41) is 8.10. The van der Waals surface area contributed by atoms with E-state index < -0.39 is 28.0 Å². The fourth-order valence-corrected chi connectivity index (χ4v) is 5.22. The molecule has 6 rings (SSSR count). The first kappa shape index (κ1) is 27.4. The molecule has 2 aromatic heterocycles. The number of halogens is 5. The number of hydrogen-bond donors (Lipinski definition) is 0. The van der Waals surface area contributed by atoms with E-state index in [1.165, 1.54) is 58.8 Å². The number of aryl methyl sites for hydroxylation is 1. The van der Waals surface area contributed by atoms with Gasteiger partial charge in [-0.05, 0) is 60.5 Å². The van der Waals surface area contributed by atoms with E-state index in [0.717, 1.165) is 12.5 Å². The lowest BCUT2D eigenvalue weighted by atomic mass is 10.0. The molecule has 5 aromatic rings. The number of sulfone groups is 1. The highest BCUT2D eigenvalue weighted by atomic mass is 32.2. The van der Waals surface area contributed by atoms with Crippen molar-refractivity contribution in [3.05, 3.63) is 84.6 Å². The SMILES string of the molecule is Cc1nc(C(F)(F)F)cn1-c1ccc(-c2cccc(S(C)(=O)=O)c2)cc1-n1nncc1-c1ccc2c(c1)OC(F)(F)O2. The van der Waals surface area contributed by atoms with Crippen LogP contribution < -0.4 is 9.47 Å². The summed E-state index contributed by atoms with van der Waals surface area (Å²) in [5.74, 6) is -0.371. The second-order valence-electron chi connectivity index (χ2n) is 9.40.